The summed E-state index contributed by atoms with van der Waals surface area (Å²) < 4.78 is 0. The number of nitrogens with one attached hydrogen (secondary N) is 2. The molecule has 2 saturated heterocycles. The zero-order chi connectivity index (χ0) is 23.3. The molecule has 6 rings (SSSR count). The predicted molar refractivity (Wildman–Crippen MR) is 134 cm³/mol. The smallest absolute Gasteiger partial charge is 0.267 e. The summed E-state index contributed by atoms with van der Waals surface area (Å²) in [5.41, 5.74) is 1.90. The molecule has 1 spiro atoms. The molecule has 0 aromatic carbocycles. The summed E-state index contributed by atoms with van der Waals surface area (Å²) in [5, 5.41) is 6.41. The molecular formula is C25H34N8O. The van der Waals surface area contributed by atoms with Crippen LogP contribution >= 0.6 is 0 Å². The van der Waals surface area contributed by atoms with Crippen LogP contribution in [0.5, 0.6) is 0 Å². The molecule has 5 aliphatic rings. The van der Waals surface area contributed by atoms with Crippen molar-refractivity contribution in [2.45, 2.75) is 57.3 Å². The fraction of sp³-hybridized carbons (Fsp3) is 0.600. The van der Waals surface area contributed by atoms with Crippen LogP contribution in [-0.4, -0.2) is 83.3 Å². The van der Waals surface area contributed by atoms with Crippen molar-refractivity contribution in [1.82, 2.24) is 20.1 Å². The topological polar surface area (TPSA) is 88.5 Å². The molecule has 1 aliphatic carbocycles. The molecule has 4 aliphatic heterocycles. The monoisotopic (exact) mass is 462 g/mol. The van der Waals surface area contributed by atoms with Crippen molar-refractivity contribution < 1.29 is 4.79 Å². The quantitative estimate of drug-likeness (QED) is 0.715. The summed E-state index contributed by atoms with van der Waals surface area (Å²) in [6.07, 6.45) is 10.4. The molecule has 1 aromatic rings. The zero-order valence-electron chi connectivity index (χ0n) is 20.1. The standard InChI is InChI=1S/C25H34N8O/c1-17(2)31-9-11-32(12-10-31)19-5-6-21(26-15-19)29-24-27-14-18-13-20-23(34)28-16-25(7-3-4-8-25)33(20)22(18)30-24/h5-6,13-15,17-18,22H,3-4,7-12,16H2,1-2H3,(H,28,34)(H,26,29,30). The normalized spacial score (nSPS) is 28.0. The molecule has 5 heterocycles. The van der Waals surface area contributed by atoms with Crippen molar-refractivity contribution >= 4 is 29.6 Å². The van der Waals surface area contributed by atoms with Gasteiger partial charge in [-0.2, -0.15) is 0 Å². The van der Waals surface area contributed by atoms with E-state index in [0.29, 0.717) is 18.5 Å². The third-order valence-corrected chi connectivity index (χ3v) is 8.10. The van der Waals surface area contributed by atoms with Gasteiger partial charge in [0, 0.05) is 45.0 Å². The summed E-state index contributed by atoms with van der Waals surface area (Å²) in [4.78, 5) is 34.0. The van der Waals surface area contributed by atoms with E-state index >= 15 is 0 Å². The summed E-state index contributed by atoms with van der Waals surface area (Å²) >= 11 is 0. The van der Waals surface area contributed by atoms with Crippen molar-refractivity contribution in [3.8, 4) is 0 Å². The van der Waals surface area contributed by atoms with Gasteiger partial charge in [-0.3, -0.25) is 9.69 Å². The lowest BCUT2D eigenvalue weighted by atomic mass is 9.91. The fourth-order valence-corrected chi connectivity index (χ4v) is 6.16. The van der Waals surface area contributed by atoms with E-state index in [0.717, 1.165) is 56.2 Å². The van der Waals surface area contributed by atoms with Crippen LogP contribution in [0, 0.1) is 5.92 Å². The Morgan fingerprint density at radius 1 is 1.15 bits per heavy atom. The Morgan fingerprint density at radius 3 is 2.65 bits per heavy atom. The number of rotatable bonds is 3. The van der Waals surface area contributed by atoms with Crippen LogP contribution in [0.2, 0.25) is 0 Å². The van der Waals surface area contributed by atoms with E-state index in [1.165, 1.54) is 12.8 Å². The molecule has 9 heteroatoms. The van der Waals surface area contributed by atoms with Gasteiger partial charge in [0.25, 0.3) is 5.91 Å². The van der Waals surface area contributed by atoms with Crippen LogP contribution in [0.3, 0.4) is 0 Å². The number of fused-ring (bicyclic) bond motifs is 4. The van der Waals surface area contributed by atoms with Gasteiger partial charge >= 0.3 is 0 Å². The molecule has 3 fully saturated rings. The molecule has 1 aromatic heterocycles. The molecule has 2 unspecified atom stereocenters. The van der Waals surface area contributed by atoms with Gasteiger partial charge in [0.1, 0.15) is 17.7 Å². The number of hydrogen-bond acceptors (Lipinski definition) is 8. The fourth-order valence-electron chi connectivity index (χ4n) is 6.16. The molecule has 1 amide bonds. The summed E-state index contributed by atoms with van der Waals surface area (Å²) in [7, 11) is 0. The Bertz CT molecular complexity index is 1030. The van der Waals surface area contributed by atoms with Gasteiger partial charge in [-0.25, -0.2) is 15.0 Å². The maximum atomic E-state index is 12.6. The van der Waals surface area contributed by atoms with Crippen molar-refractivity contribution in [1.29, 1.82) is 0 Å². The largest absolute Gasteiger partial charge is 0.368 e. The number of piperazine rings is 2. The molecular weight excluding hydrogens is 428 g/mol. The van der Waals surface area contributed by atoms with E-state index in [4.69, 9.17) is 4.99 Å². The zero-order valence-corrected chi connectivity index (χ0v) is 20.1. The molecule has 1 saturated carbocycles. The average Bonchev–Trinajstić information content (AvgIpc) is 3.48. The number of anilines is 2. The molecule has 34 heavy (non-hydrogen) atoms. The van der Waals surface area contributed by atoms with E-state index in [2.05, 4.69) is 55.2 Å². The maximum Gasteiger partial charge on any atom is 0.267 e. The lowest BCUT2D eigenvalue weighted by Gasteiger charge is -2.48. The van der Waals surface area contributed by atoms with E-state index in [1.54, 1.807) is 0 Å². The van der Waals surface area contributed by atoms with Gasteiger partial charge in [-0.1, -0.05) is 12.8 Å². The van der Waals surface area contributed by atoms with Gasteiger partial charge < -0.3 is 20.4 Å². The van der Waals surface area contributed by atoms with E-state index in [1.807, 2.05) is 24.6 Å². The molecule has 9 nitrogen and oxygen atoms in total. The molecule has 180 valence electrons. The summed E-state index contributed by atoms with van der Waals surface area (Å²) in [5.74, 6) is 1.33. The highest BCUT2D eigenvalue weighted by molar-refractivity contribution is 6.01. The minimum Gasteiger partial charge on any atom is -0.368 e. The van der Waals surface area contributed by atoms with Gasteiger partial charge in [-0.05, 0) is 44.9 Å². The molecule has 0 radical (unpaired) electrons. The second-order valence-electron chi connectivity index (χ2n) is 10.4. The number of hydrogen-bond donors (Lipinski definition) is 2. The van der Waals surface area contributed by atoms with Gasteiger partial charge in [0.2, 0.25) is 5.96 Å². The summed E-state index contributed by atoms with van der Waals surface area (Å²) in [6.45, 7) is 9.42. The lowest BCUT2D eigenvalue weighted by Crippen LogP contribution is -2.62. The van der Waals surface area contributed by atoms with Crippen LogP contribution < -0.4 is 15.5 Å². The first kappa shape index (κ1) is 21.6. The third-order valence-electron chi connectivity index (χ3n) is 8.10. The Morgan fingerprint density at radius 2 is 1.94 bits per heavy atom. The number of nitrogens with zero attached hydrogens (tertiary/aromatic N) is 6. The van der Waals surface area contributed by atoms with Crippen molar-refractivity contribution in [2.24, 2.45) is 15.9 Å². The highest BCUT2D eigenvalue weighted by Crippen LogP contribution is 2.45. The number of carbonyl (C=O) groups is 1. The first-order valence-corrected chi connectivity index (χ1v) is 12.7. The first-order valence-electron chi connectivity index (χ1n) is 12.7. The Hall–Kier alpha value is -2.94. The van der Waals surface area contributed by atoms with E-state index < -0.39 is 0 Å². The van der Waals surface area contributed by atoms with E-state index in [-0.39, 0.29) is 23.5 Å². The molecule has 2 N–H and O–H groups in total. The SMILES string of the molecule is CC(C)N1CCN(c2ccc(NC3=NC4C(C=N3)C=C3C(=O)NCC5(CCCC5)N34)nc2)CC1. The van der Waals surface area contributed by atoms with Crippen LogP contribution in [0.1, 0.15) is 39.5 Å². The second-order valence-corrected chi connectivity index (χ2v) is 10.4. The summed E-state index contributed by atoms with van der Waals surface area (Å²) in [6, 6.07) is 4.71. The van der Waals surface area contributed by atoms with Crippen LogP contribution in [0.25, 0.3) is 0 Å². The van der Waals surface area contributed by atoms with Crippen molar-refractivity contribution in [2.75, 3.05) is 42.9 Å². The Labute approximate surface area is 201 Å². The minimum absolute atomic E-state index is 0.0107. The number of carbonyl (C=O) groups excluding carboxylic acids is 1. The van der Waals surface area contributed by atoms with Crippen LogP contribution in [0.4, 0.5) is 11.5 Å². The highest BCUT2D eigenvalue weighted by atomic mass is 16.2. The number of amides is 1. The molecule has 0 bridgehead atoms. The maximum absolute atomic E-state index is 12.6. The van der Waals surface area contributed by atoms with Crippen LogP contribution in [0.15, 0.2) is 40.1 Å². The van der Waals surface area contributed by atoms with Crippen molar-refractivity contribution in [3.63, 3.8) is 0 Å². The predicted octanol–water partition coefficient (Wildman–Crippen LogP) is 2.05. The van der Waals surface area contributed by atoms with Gasteiger partial charge in [-0.15, -0.1) is 0 Å². The Kier molecular flexibility index (Phi) is 5.32. The highest BCUT2D eigenvalue weighted by Gasteiger charge is 2.53. The lowest BCUT2D eigenvalue weighted by molar-refractivity contribution is -0.123. The third kappa shape index (κ3) is 3.66. The molecule has 2 atom stereocenters. The average molecular weight is 463 g/mol. The Balaban J connectivity index is 1.15. The van der Waals surface area contributed by atoms with Crippen LogP contribution in [-0.2, 0) is 4.79 Å². The van der Waals surface area contributed by atoms with Gasteiger partial charge in [0.15, 0.2) is 0 Å². The number of aromatic nitrogens is 1. The van der Waals surface area contributed by atoms with Crippen molar-refractivity contribution in [3.05, 3.63) is 30.1 Å². The number of guanidine groups is 1. The second kappa shape index (κ2) is 8.37. The number of aliphatic imine (C=N–C) groups is 2. The minimum atomic E-state index is -0.115. The van der Waals surface area contributed by atoms with Gasteiger partial charge in [0.05, 0.1) is 23.3 Å². The van der Waals surface area contributed by atoms with E-state index in [9.17, 15) is 4.79 Å². The first-order chi connectivity index (χ1) is 16.5. The number of pyridine rings is 1.